The van der Waals surface area contributed by atoms with Crippen molar-refractivity contribution >= 4 is 17.8 Å². The Bertz CT molecular complexity index is 891. The van der Waals surface area contributed by atoms with Gasteiger partial charge in [0.15, 0.2) is 0 Å². The number of benzene rings is 2. The molecule has 2 aromatic rings. The lowest BCUT2D eigenvalue weighted by molar-refractivity contribution is -0.130. The van der Waals surface area contributed by atoms with Gasteiger partial charge >= 0.3 is 5.97 Å². The fraction of sp³-hybridized carbons (Fsp3) is 0.190. The normalized spacial score (nSPS) is 15.1. The molecule has 0 radical (unpaired) electrons. The van der Waals surface area contributed by atoms with Crippen molar-refractivity contribution in [1.29, 1.82) is 0 Å². The maximum absolute atomic E-state index is 12.2. The van der Waals surface area contributed by atoms with Crippen molar-refractivity contribution in [2.24, 2.45) is 0 Å². The van der Waals surface area contributed by atoms with Gasteiger partial charge in [0.05, 0.1) is 19.8 Å². The molecule has 0 saturated carbocycles. The molecule has 3 rings (SSSR count). The Hall–Kier alpha value is -3.01. The monoisotopic (exact) mass is 336 g/mol. The first-order valence-electron chi connectivity index (χ1n) is 7.97. The lowest BCUT2D eigenvalue weighted by Gasteiger charge is -2.07. The molecule has 1 heterocycles. The van der Waals surface area contributed by atoms with Gasteiger partial charge in [-0.1, -0.05) is 12.1 Å². The van der Waals surface area contributed by atoms with Crippen LogP contribution in [0.5, 0.6) is 11.5 Å². The van der Waals surface area contributed by atoms with E-state index in [4.69, 9.17) is 14.2 Å². The highest BCUT2D eigenvalue weighted by Gasteiger charge is 2.22. The first-order chi connectivity index (χ1) is 12.0. The van der Waals surface area contributed by atoms with Gasteiger partial charge in [-0.05, 0) is 55.3 Å². The molecule has 4 nitrogen and oxygen atoms in total. The molecule has 0 amide bonds. The van der Waals surface area contributed by atoms with Gasteiger partial charge in [0.2, 0.25) is 0 Å². The third-order valence-electron chi connectivity index (χ3n) is 4.27. The van der Waals surface area contributed by atoms with Crippen LogP contribution in [0.2, 0.25) is 0 Å². The predicted octanol–water partition coefficient (Wildman–Crippen LogP) is 4.30. The molecular weight excluding hydrogens is 316 g/mol. The number of carbonyl (C=O) groups is 1. The zero-order valence-electron chi connectivity index (χ0n) is 14.8. The summed E-state index contributed by atoms with van der Waals surface area (Å²) >= 11 is 0. The molecule has 0 spiro atoms. The van der Waals surface area contributed by atoms with Crippen LogP contribution in [0.25, 0.3) is 11.8 Å². The van der Waals surface area contributed by atoms with Crippen LogP contribution in [0.1, 0.15) is 22.3 Å². The number of esters is 1. The number of hydrogen-bond acceptors (Lipinski definition) is 4. The minimum atomic E-state index is -0.369. The Labute approximate surface area is 147 Å². The standard InChI is InChI=1S/C21H20O4/c1-13-5-6-15(9-14(13)2)20-11-17(21(22)25-20)10-16-7-8-18(23-3)12-19(16)24-4/h5-12H,1-4H3/b17-10+. The molecule has 0 fully saturated rings. The predicted molar refractivity (Wildman–Crippen MR) is 97.5 cm³/mol. The second kappa shape index (κ2) is 6.85. The number of cyclic esters (lactones) is 1. The largest absolute Gasteiger partial charge is 0.497 e. The fourth-order valence-corrected chi connectivity index (χ4v) is 2.63. The summed E-state index contributed by atoms with van der Waals surface area (Å²) < 4.78 is 16.0. The van der Waals surface area contributed by atoms with Crippen LogP contribution in [-0.4, -0.2) is 20.2 Å². The van der Waals surface area contributed by atoms with E-state index in [1.807, 2.05) is 37.3 Å². The maximum Gasteiger partial charge on any atom is 0.343 e. The van der Waals surface area contributed by atoms with E-state index < -0.39 is 0 Å². The van der Waals surface area contributed by atoms with Gasteiger partial charge in [-0.25, -0.2) is 4.79 Å². The van der Waals surface area contributed by atoms with Crippen molar-refractivity contribution in [2.45, 2.75) is 13.8 Å². The molecule has 25 heavy (non-hydrogen) atoms. The summed E-state index contributed by atoms with van der Waals surface area (Å²) in [4.78, 5) is 12.2. The van der Waals surface area contributed by atoms with Crippen LogP contribution >= 0.6 is 0 Å². The molecule has 0 aliphatic carbocycles. The minimum absolute atomic E-state index is 0.369. The van der Waals surface area contributed by atoms with Crippen molar-refractivity contribution in [1.82, 2.24) is 0 Å². The summed E-state index contributed by atoms with van der Waals surface area (Å²) in [5.41, 5.74) is 4.52. The van der Waals surface area contributed by atoms with Gasteiger partial charge in [-0.3, -0.25) is 0 Å². The van der Waals surface area contributed by atoms with Crippen LogP contribution in [-0.2, 0) is 9.53 Å². The first kappa shape index (κ1) is 16.8. The van der Waals surface area contributed by atoms with Gasteiger partial charge in [0, 0.05) is 17.2 Å². The lowest BCUT2D eigenvalue weighted by atomic mass is 10.0. The van der Waals surface area contributed by atoms with Crippen molar-refractivity contribution in [3.05, 3.63) is 70.3 Å². The van der Waals surface area contributed by atoms with Crippen molar-refractivity contribution in [2.75, 3.05) is 14.2 Å². The first-order valence-corrected chi connectivity index (χ1v) is 7.97. The second-order valence-electron chi connectivity index (χ2n) is 5.90. The molecule has 128 valence electrons. The number of hydrogen-bond donors (Lipinski definition) is 0. The number of methoxy groups -OCH3 is 2. The molecule has 0 saturated heterocycles. The SMILES string of the molecule is COc1ccc(/C=C2\C=C(c3ccc(C)c(C)c3)OC2=O)c(OC)c1. The van der Waals surface area contributed by atoms with E-state index in [0.29, 0.717) is 22.8 Å². The summed E-state index contributed by atoms with van der Waals surface area (Å²) in [6.07, 6.45) is 3.52. The van der Waals surface area contributed by atoms with E-state index in [-0.39, 0.29) is 5.97 Å². The minimum Gasteiger partial charge on any atom is -0.497 e. The third kappa shape index (κ3) is 3.43. The smallest absolute Gasteiger partial charge is 0.343 e. The summed E-state index contributed by atoms with van der Waals surface area (Å²) in [6, 6.07) is 11.4. The van der Waals surface area contributed by atoms with Crippen molar-refractivity contribution < 1.29 is 19.0 Å². The van der Waals surface area contributed by atoms with E-state index in [2.05, 4.69) is 6.92 Å². The van der Waals surface area contributed by atoms with Gasteiger partial charge in [-0.15, -0.1) is 0 Å². The van der Waals surface area contributed by atoms with Gasteiger partial charge in [0.25, 0.3) is 0 Å². The van der Waals surface area contributed by atoms with E-state index in [1.165, 1.54) is 5.56 Å². The summed E-state index contributed by atoms with van der Waals surface area (Å²) in [5.74, 6) is 1.52. The molecule has 4 heteroatoms. The molecule has 1 aliphatic heterocycles. The van der Waals surface area contributed by atoms with Crippen LogP contribution in [0.4, 0.5) is 0 Å². The highest BCUT2D eigenvalue weighted by atomic mass is 16.5. The zero-order valence-corrected chi connectivity index (χ0v) is 14.8. The Kier molecular flexibility index (Phi) is 4.61. The average molecular weight is 336 g/mol. The summed E-state index contributed by atoms with van der Waals surface area (Å²) in [7, 11) is 3.18. The van der Waals surface area contributed by atoms with Crippen LogP contribution in [0.3, 0.4) is 0 Å². The fourth-order valence-electron chi connectivity index (χ4n) is 2.63. The number of rotatable bonds is 4. The van der Waals surface area contributed by atoms with Crippen LogP contribution in [0.15, 0.2) is 48.0 Å². The summed E-state index contributed by atoms with van der Waals surface area (Å²) in [6.45, 7) is 4.09. The highest BCUT2D eigenvalue weighted by Crippen LogP contribution is 2.31. The molecule has 1 aliphatic rings. The number of carbonyl (C=O) groups excluding carboxylic acids is 1. The third-order valence-corrected chi connectivity index (χ3v) is 4.27. The summed E-state index contributed by atoms with van der Waals surface area (Å²) in [5, 5.41) is 0. The van der Waals surface area contributed by atoms with Crippen molar-refractivity contribution in [3.8, 4) is 11.5 Å². The molecular formula is C21H20O4. The molecule has 0 bridgehead atoms. The zero-order chi connectivity index (χ0) is 18.0. The number of ether oxygens (including phenoxy) is 3. The lowest BCUT2D eigenvalue weighted by Crippen LogP contribution is -1.98. The Morgan fingerprint density at radius 2 is 1.76 bits per heavy atom. The molecule has 0 aromatic heterocycles. The molecule has 0 N–H and O–H groups in total. The van der Waals surface area contributed by atoms with Crippen LogP contribution < -0.4 is 9.47 Å². The van der Waals surface area contributed by atoms with Gasteiger partial charge < -0.3 is 14.2 Å². The quantitative estimate of drug-likeness (QED) is 0.617. The van der Waals surface area contributed by atoms with E-state index in [1.54, 1.807) is 32.4 Å². The van der Waals surface area contributed by atoms with Gasteiger partial charge in [0.1, 0.15) is 17.3 Å². The Balaban J connectivity index is 1.97. The average Bonchev–Trinajstić information content (AvgIpc) is 2.98. The second-order valence-corrected chi connectivity index (χ2v) is 5.90. The Morgan fingerprint density at radius 3 is 2.44 bits per heavy atom. The van der Waals surface area contributed by atoms with Gasteiger partial charge in [-0.2, -0.15) is 0 Å². The Morgan fingerprint density at radius 1 is 0.960 bits per heavy atom. The van der Waals surface area contributed by atoms with Crippen LogP contribution in [0, 0.1) is 13.8 Å². The molecule has 2 aromatic carbocycles. The maximum atomic E-state index is 12.2. The topological polar surface area (TPSA) is 44.8 Å². The number of aryl methyl sites for hydroxylation is 2. The van der Waals surface area contributed by atoms with Crippen molar-refractivity contribution in [3.63, 3.8) is 0 Å². The molecule has 0 atom stereocenters. The van der Waals surface area contributed by atoms with E-state index in [0.717, 1.165) is 16.7 Å². The van der Waals surface area contributed by atoms with E-state index >= 15 is 0 Å². The van der Waals surface area contributed by atoms with E-state index in [9.17, 15) is 4.79 Å². The highest BCUT2D eigenvalue weighted by molar-refractivity contribution is 6.05. The molecule has 0 unspecified atom stereocenters.